The number of aliphatic hydroxyl groups excluding tert-OH is 1. The summed E-state index contributed by atoms with van der Waals surface area (Å²) in [5.74, 6) is -0.256. The number of aliphatic hydroxyl groups is 1. The molecular weight excluding hydrogens is 182 g/mol. The molecule has 14 heavy (non-hydrogen) atoms. The fourth-order valence-electron chi connectivity index (χ4n) is 1.17. The molecule has 0 aliphatic carbocycles. The summed E-state index contributed by atoms with van der Waals surface area (Å²) in [7, 11) is 1.66. The van der Waals surface area contributed by atoms with Crippen molar-refractivity contribution in [1.82, 2.24) is 9.88 Å². The zero-order valence-corrected chi connectivity index (χ0v) is 8.10. The quantitative estimate of drug-likeness (QED) is 0.596. The predicted molar refractivity (Wildman–Crippen MR) is 52.3 cm³/mol. The first-order valence-electron chi connectivity index (χ1n) is 4.38. The minimum atomic E-state index is -0.820. The van der Waals surface area contributed by atoms with Crippen LogP contribution in [0.2, 0.25) is 0 Å². The second kappa shape index (κ2) is 4.78. The van der Waals surface area contributed by atoms with Crippen LogP contribution in [0.1, 0.15) is 5.56 Å². The van der Waals surface area contributed by atoms with Crippen molar-refractivity contribution >= 4 is 5.91 Å². The third-order valence-corrected chi connectivity index (χ3v) is 1.97. The van der Waals surface area contributed by atoms with Crippen LogP contribution in [0.15, 0.2) is 18.5 Å². The molecule has 0 aromatic carbocycles. The van der Waals surface area contributed by atoms with Gasteiger partial charge < -0.3 is 20.7 Å². The molecule has 0 fully saturated rings. The summed E-state index contributed by atoms with van der Waals surface area (Å²) in [4.78, 5) is 15.8. The zero-order valence-electron chi connectivity index (χ0n) is 8.10. The smallest absolute Gasteiger partial charge is 0.241 e. The molecule has 0 bridgehead atoms. The first kappa shape index (κ1) is 10.7. The lowest BCUT2D eigenvalue weighted by Gasteiger charge is -2.19. The highest BCUT2D eigenvalue weighted by atomic mass is 16.3. The highest BCUT2D eigenvalue weighted by molar-refractivity contribution is 5.81. The van der Waals surface area contributed by atoms with E-state index in [0.717, 1.165) is 5.56 Å². The van der Waals surface area contributed by atoms with E-state index < -0.39 is 6.04 Å². The van der Waals surface area contributed by atoms with Gasteiger partial charge in [0.15, 0.2) is 0 Å². The maximum absolute atomic E-state index is 11.4. The van der Waals surface area contributed by atoms with Crippen LogP contribution in [-0.4, -0.2) is 40.6 Å². The molecule has 0 aliphatic rings. The van der Waals surface area contributed by atoms with Crippen molar-refractivity contribution in [2.45, 2.75) is 12.6 Å². The summed E-state index contributed by atoms with van der Waals surface area (Å²) >= 11 is 0. The Bertz CT molecular complexity index is 284. The zero-order chi connectivity index (χ0) is 10.6. The number of nitrogens with zero attached hydrogens (tertiary/aromatic N) is 1. The van der Waals surface area contributed by atoms with Gasteiger partial charge in [-0.2, -0.15) is 0 Å². The monoisotopic (exact) mass is 197 g/mol. The van der Waals surface area contributed by atoms with Crippen molar-refractivity contribution in [3.8, 4) is 0 Å². The molecule has 0 radical (unpaired) electrons. The van der Waals surface area contributed by atoms with E-state index in [2.05, 4.69) is 4.98 Å². The lowest BCUT2D eigenvalue weighted by atomic mass is 10.2. The van der Waals surface area contributed by atoms with Gasteiger partial charge in [0.1, 0.15) is 6.04 Å². The largest absolute Gasteiger partial charge is 0.394 e. The average molecular weight is 197 g/mol. The molecule has 4 N–H and O–H groups in total. The van der Waals surface area contributed by atoms with E-state index in [4.69, 9.17) is 10.8 Å². The molecule has 0 aliphatic heterocycles. The number of aromatic nitrogens is 1. The number of carbonyl (C=O) groups is 1. The van der Waals surface area contributed by atoms with Crippen LogP contribution >= 0.6 is 0 Å². The van der Waals surface area contributed by atoms with E-state index in [1.807, 2.05) is 12.3 Å². The van der Waals surface area contributed by atoms with Gasteiger partial charge >= 0.3 is 0 Å². The Labute approximate surface area is 82.5 Å². The Morgan fingerprint density at radius 1 is 1.79 bits per heavy atom. The molecule has 0 saturated carbocycles. The van der Waals surface area contributed by atoms with Crippen LogP contribution in [0.4, 0.5) is 0 Å². The summed E-state index contributed by atoms with van der Waals surface area (Å²) in [6.07, 6.45) is 3.61. The Kier molecular flexibility index (Phi) is 3.67. The number of hydrogen-bond acceptors (Lipinski definition) is 3. The van der Waals surface area contributed by atoms with Gasteiger partial charge in [-0.05, 0) is 11.6 Å². The average Bonchev–Trinajstić information content (AvgIpc) is 2.68. The number of carbonyl (C=O) groups excluding carboxylic acids is 1. The molecule has 1 atom stereocenters. The van der Waals surface area contributed by atoms with E-state index in [1.54, 1.807) is 13.2 Å². The number of amides is 1. The number of rotatable bonds is 4. The fourth-order valence-corrected chi connectivity index (χ4v) is 1.17. The maximum Gasteiger partial charge on any atom is 0.241 e. The van der Waals surface area contributed by atoms with Crippen molar-refractivity contribution in [2.75, 3.05) is 13.7 Å². The van der Waals surface area contributed by atoms with E-state index in [9.17, 15) is 4.79 Å². The summed E-state index contributed by atoms with van der Waals surface area (Å²) in [5, 5.41) is 8.70. The predicted octanol–water partition coefficient (Wildman–Crippen LogP) is -0.707. The molecular formula is C9H15N3O2. The molecule has 5 heteroatoms. The molecule has 5 nitrogen and oxygen atoms in total. The second-order valence-corrected chi connectivity index (χ2v) is 3.20. The number of likely N-dealkylation sites (N-methyl/N-ethyl adjacent to an activating group) is 1. The molecule has 78 valence electrons. The van der Waals surface area contributed by atoms with Gasteiger partial charge in [-0.15, -0.1) is 0 Å². The second-order valence-electron chi connectivity index (χ2n) is 3.20. The molecule has 0 saturated heterocycles. The van der Waals surface area contributed by atoms with Crippen molar-refractivity contribution in [3.05, 3.63) is 24.0 Å². The molecule has 1 aromatic heterocycles. The highest BCUT2D eigenvalue weighted by Gasteiger charge is 2.16. The summed E-state index contributed by atoms with van der Waals surface area (Å²) in [5.41, 5.74) is 6.40. The number of nitrogens with two attached hydrogens (primary N) is 1. The van der Waals surface area contributed by atoms with Gasteiger partial charge in [-0.3, -0.25) is 4.79 Å². The third-order valence-electron chi connectivity index (χ3n) is 1.97. The van der Waals surface area contributed by atoms with Crippen LogP contribution in [-0.2, 0) is 11.3 Å². The van der Waals surface area contributed by atoms with Crippen LogP contribution < -0.4 is 5.73 Å². The lowest BCUT2D eigenvalue weighted by molar-refractivity contribution is -0.132. The van der Waals surface area contributed by atoms with E-state index in [0.29, 0.717) is 6.54 Å². The van der Waals surface area contributed by atoms with Crippen LogP contribution in [0, 0.1) is 0 Å². The SMILES string of the molecule is CN(Cc1cc[nH]c1)C(=O)C(N)CO. The standard InChI is InChI=1S/C9H15N3O2/c1-12(9(14)8(10)6-13)5-7-2-3-11-4-7/h2-4,8,11,13H,5-6,10H2,1H3. The van der Waals surface area contributed by atoms with Crippen LogP contribution in [0.5, 0.6) is 0 Å². The van der Waals surface area contributed by atoms with E-state index >= 15 is 0 Å². The van der Waals surface area contributed by atoms with Crippen molar-refractivity contribution in [1.29, 1.82) is 0 Å². The van der Waals surface area contributed by atoms with Crippen LogP contribution in [0.3, 0.4) is 0 Å². The van der Waals surface area contributed by atoms with Crippen molar-refractivity contribution in [2.24, 2.45) is 5.73 Å². The number of aromatic amines is 1. The Balaban J connectivity index is 2.50. The Morgan fingerprint density at radius 2 is 2.50 bits per heavy atom. The lowest BCUT2D eigenvalue weighted by Crippen LogP contribution is -2.43. The maximum atomic E-state index is 11.4. The Morgan fingerprint density at radius 3 is 3.00 bits per heavy atom. The first-order chi connectivity index (χ1) is 6.65. The minimum absolute atomic E-state index is 0.256. The van der Waals surface area contributed by atoms with Gasteiger partial charge in [-0.1, -0.05) is 0 Å². The summed E-state index contributed by atoms with van der Waals surface area (Å²) in [6, 6.07) is 1.06. The Hall–Kier alpha value is -1.33. The van der Waals surface area contributed by atoms with Gasteiger partial charge in [0, 0.05) is 26.0 Å². The minimum Gasteiger partial charge on any atom is -0.394 e. The van der Waals surface area contributed by atoms with Gasteiger partial charge in [-0.25, -0.2) is 0 Å². The van der Waals surface area contributed by atoms with Gasteiger partial charge in [0.25, 0.3) is 0 Å². The normalized spacial score (nSPS) is 12.5. The fraction of sp³-hybridized carbons (Fsp3) is 0.444. The highest BCUT2D eigenvalue weighted by Crippen LogP contribution is 2.02. The topological polar surface area (TPSA) is 82.4 Å². The van der Waals surface area contributed by atoms with Crippen molar-refractivity contribution < 1.29 is 9.90 Å². The van der Waals surface area contributed by atoms with E-state index in [-0.39, 0.29) is 12.5 Å². The number of hydrogen-bond donors (Lipinski definition) is 3. The number of H-pyrrole nitrogens is 1. The summed E-state index contributed by atoms with van der Waals surface area (Å²) < 4.78 is 0. The van der Waals surface area contributed by atoms with Gasteiger partial charge in [0.05, 0.1) is 6.61 Å². The first-order valence-corrected chi connectivity index (χ1v) is 4.38. The molecule has 0 spiro atoms. The molecule has 1 aromatic rings. The summed E-state index contributed by atoms with van der Waals surface area (Å²) in [6.45, 7) is 0.173. The molecule has 1 heterocycles. The molecule has 1 rings (SSSR count). The molecule has 1 unspecified atom stereocenters. The van der Waals surface area contributed by atoms with E-state index in [1.165, 1.54) is 4.90 Å². The number of nitrogens with one attached hydrogen (secondary N) is 1. The third kappa shape index (κ3) is 2.58. The van der Waals surface area contributed by atoms with Crippen LogP contribution in [0.25, 0.3) is 0 Å². The molecule has 1 amide bonds. The van der Waals surface area contributed by atoms with Crippen molar-refractivity contribution in [3.63, 3.8) is 0 Å². The van der Waals surface area contributed by atoms with Gasteiger partial charge in [0.2, 0.25) is 5.91 Å².